The predicted molar refractivity (Wildman–Crippen MR) is 92.8 cm³/mol. The Morgan fingerprint density at radius 1 is 1.32 bits per heavy atom. The van der Waals surface area contributed by atoms with E-state index in [1.54, 1.807) is 10.7 Å². The molecule has 3 aromatic heterocycles. The minimum Gasteiger partial charge on any atom is -0.390 e. The third-order valence-electron chi connectivity index (χ3n) is 3.48. The average Bonchev–Trinajstić information content (AvgIpc) is 2.93. The van der Waals surface area contributed by atoms with Crippen LogP contribution in [0.25, 0.3) is 11.0 Å². The molecule has 3 rings (SSSR count). The van der Waals surface area contributed by atoms with E-state index in [1.165, 1.54) is 6.33 Å². The Morgan fingerprint density at radius 3 is 2.88 bits per heavy atom. The number of halogens is 1. The first-order valence-electron chi connectivity index (χ1n) is 7.79. The summed E-state index contributed by atoms with van der Waals surface area (Å²) in [6, 6.07) is 1.79. The number of rotatable bonds is 7. The summed E-state index contributed by atoms with van der Waals surface area (Å²) in [7, 11) is 0. The maximum absolute atomic E-state index is 9.58. The topological polar surface area (TPSA) is 111 Å². The van der Waals surface area contributed by atoms with E-state index in [2.05, 4.69) is 30.4 Å². The van der Waals surface area contributed by atoms with Crippen molar-refractivity contribution in [3.05, 3.63) is 29.1 Å². The van der Waals surface area contributed by atoms with Crippen molar-refractivity contribution >= 4 is 34.3 Å². The summed E-state index contributed by atoms with van der Waals surface area (Å²) in [5.41, 5.74) is 2.37. The van der Waals surface area contributed by atoms with E-state index in [9.17, 15) is 5.11 Å². The molecule has 0 spiro atoms. The van der Waals surface area contributed by atoms with Gasteiger partial charge in [-0.2, -0.15) is 10.1 Å². The molecule has 0 atom stereocenters. The van der Waals surface area contributed by atoms with Crippen LogP contribution in [0.1, 0.15) is 18.3 Å². The van der Waals surface area contributed by atoms with E-state index in [-0.39, 0.29) is 11.9 Å². The highest BCUT2D eigenvalue weighted by Gasteiger charge is 2.18. The molecule has 3 aromatic rings. The molecule has 0 aromatic carbocycles. The molecule has 0 fully saturated rings. The van der Waals surface area contributed by atoms with Crippen LogP contribution >= 0.6 is 11.6 Å². The Bertz CT molecular complexity index is 884. The quantitative estimate of drug-likeness (QED) is 0.483. The van der Waals surface area contributed by atoms with Gasteiger partial charge in [-0.25, -0.2) is 15.0 Å². The lowest BCUT2D eigenvalue weighted by Gasteiger charge is -2.09. The van der Waals surface area contributed by atoms with Gasteiger partial charge in [-0.1, -0.05) is 0 Å². The lowest BCUT2D eigenvalue weighted by molar-refractivity contribution is 0.137. The number of hydrogen-bond donors (Lipinski definition) is 2. The summed E-state index contributed by atoms with van der Waals surface area (Å²) in [5, 5.41) is 17.2. The van der Waals surface area contributed by atoms with Crippen LogP contribution < -0.4 is 5.32 Å². The molecule has 0 aliphatic rings. The molecule has 2 N–H and O–H groups in total. The van der Waals surface area contributed by atoms with Crippen molar-refractivity contribution in [1.29, 1.82) is 0 Å². The molecule has 0 aliphatic heterocycles. The number of aliphatic hydroxyl groups excluding tert-OH is 1. The number of aryl methyl sites for hydroxylation is 1. The van der Waals surface area contributed by atoms with Gasteiger partial charge in [-0.15, -0.1) is 0 Å². The number of ether oxygens (including phenoxy) is 1. The molecular formula is C15H18ClN7O2. The first kappa shape index (κ1) is 17.5. The second-order valence-corrected chi connectivity index (χ2v) is 5.57. The molecule has 3 heterocycles. The van der Waals surface area contributed by atoms with Crippen molar-refractivity contribution in [1.82, 2.24) is 29.7 Å². The summed E-state index contributed by atoms with van der Waals surface area (Å²) in [6.07, 6.45) is 1.46. The largest absolute Gasteiger partial charge is 0.390 e. The minimum atomic E-state index is -0.252. The van der Waals surface area contributed by atoms with Crippen molar-refractivity contribution in [2.45, 2.75) is 27.0 Å². The van der Waals surface area contributed by atoms with E-state index in [1.807, 2.05) is 13.8 Å². The van der Waals surface area contributed by atoms with Crippen LogP contribution in [-0.4, -0.2) is 48.0 Å². The molecule has 0 aliphatic carbocycles. The molecule has 0 saturated heterocycles. The Hall–Kier alpha value is -2.36. The maximum atomic E-state index is 9.58. The molecule has 25 heavy (non-hydrogen) atoms. The number of nitrogens with one attached hydrogen (secondary N) is 1. The Morgan fingerprint density at radius 2 is 2.16 bits per heavy atom. The van der Waals surface area contributed by atoms with Crippen molar-refractivity contribution in [2.24, 2.45) is 0 Å². The number of anilines is 2. The van der Waals surface area contributed by atoms with E-state index in [0.717, 1.165) is 5.69 Å². The van der Waals surface area contributed by atoms with Crippen LogP contribution in [0.15, 0.2) is 12.4 Å². The molecule has 10 heteroatoms. The van der Waals surface area contributed by atoms with Crippen LogP contribution in [0, 0.1) is 6.92 Å². The zero-order valence-corrected chi connectivity index (χ0v) is 14.7. The SMILES string of the molecule is CCOCCn1nc(CO)c2nc(Cl)nc(Nc3cc(C)ncn3)c21. The van der Waals surface area contributed by atoms with Gasteiger partial charge in [0.25, 0.3) is 0 Å². The predicted octanol–water partition coefficient (Wildman–Crippen LogP) is 1.85. The number of hydrogen-bond acceptors (Lipinski definition) is 8. The standard InChI is InChI=1S/C15H18ClN7O2/c1-3-25-5-4-23-13-12(10(7-24)22-23)20-15(16)21-14(13)19-11-6-9(2)17-8-18-11/h6,8,24H,3-5,7H2,1-2H3,(H,17,18,19,20,21). The van der Waals surface area contributed by atoms with Gasteiger partial charge >= 0.3 is 0 Å². The fraction of sp³-hybridized carbons (Fsp3) is 0.400. The van der Waals surface area contributed by atoms with Gasteiger partial charge in [-0.3, -0.25) is 4.68 Å². The monoisotopic (exact) mass is 363 g/mol. The van der Waals surface area contributed by atoms with Gasteiger partial charge < -0.3 is 15.2 Å². The van der Waals surface area contributed by atoms with Crippen LogP contribution in [0.4, 0.5) is 11.6 Å². The van der Waals surface area contributed by atoms with Gasteiger partial charge in [0, 0.05) is 18.4 Å². The number of aromatic nitrogens is 6. The van der Waals surface area contributed by atoms with E-state index in [4.69, 9.17) is 16.3 Å². The van der Waals surface area contributed by atoms with Gasteiger partial charge in [0.15, 0.2) is 5.82 Å². The van der Waals surface area contributed by atoms with Crippen LogP contribution in [0.3, 0.4) is 0 Å². The summed E-state index contributed by atoms with van der Waals surface area (Å²) in [6.45, 7) is 5.12. The zero-order valence-electron chi connectivity index (χ0n) is 13.9. The summed E-state index contributed by atoms with van der Waals surface area (Å²) >= 11 is 6.05. The molecule has 9 nitrogen and oxygen atoms in total. The first-order valence-corrected chi connectivity index (χ1v) is 8.17. The van der Waals surface area contributed by atoms with E-state index in [0.29, 0.717) is 48.1 Å². The molecule has 0 bridgehead atoms. The Labute approximate surface area is 149 Å². The molecule has 132 valence electrons. The van der Waals surface area contributed by atoms with Gasteiger partial charge in [-0.05, 0) is 25.4 Å². The van der Waals surface area contributed by atoms with Crippen LogP contribution in [0.2, 0.25) is 5.28 Å². The van der Waals surface area contributed by atoms with Gasteiger partial charge in [0.2, 0.25) is 5.28 Å². The Balaban J connectivity index is 2.07. The highest BCUT2D eigenvalue weighted by Crippen LogP contribution is 2.27. The molecular weight excluding hydrogens is 346 g/mol. The zero-order chi connectivity index (χ0) is 17.8. The highest BCUT2D eigenvalue weighted by molar-refractivity contribution is 6.28. The second-order valence-electron chi connectivity index (χ2n) is 5.23. The third kappa shape index (κ3) is 3.84. The van der Waals surface area contributed by atoms with Gasteiger partial charge in [0.05, 0.1) is 19.8 Å². The summed E-state index contributed by atoms with van der Waals surface area (Å²) in [4.78, 5) is 16.7. The fourth-order valence-corrected chi connectivity index (χ4v) is 2.58. The average molecular weight is 364 g/mol. The number of aliphatic hydroxyl groups is 1. The van der Waals surface area contributed by atoms with Crippen LogP contribution in [-0.2, 0) is 17.9 Å². The second kappa shape index (κ2) is 7.68. The lowest BCUT2D eigenvalue weighted by atomic mass is 10.3. The molecule has 0 amide bonds. The van der Waals surface area contributed by atoms with Crippen molar-refractivity contribution < 1.29 is 9.84 Å². The normalized spacial score (nSPS) is 11.2. The van der Waals surface area contributed by atoms with Gasteiger partial charge in [0.1, 0.15) is 28.9 Å². The van der Waals surface area contributed by atoms with Crippen molar-refractivity contribution in [2.75, 3.05) is 18.5 Å². The molecule has 0 saturated carbocycles. The van der Waals surface area contributed by atoms with Crippen LogP contribution in [0.5, 0.6) is 0 Å². The molecule has 0 unspecified atom stereocenters. The Kier molecular flexibility index (Phi) is 5.37. The maximum Gasteiger partial charge on any atom is 0.225 e. The highest BCUT2D eigenvalue weighted by atomic mass is 35.5. The fourth-order valence-electron chi connectivity index (χ4n) is 2.41. The number of nitrogens with zero attached hydrogens (tertiary/aromatic N) is 6. The molecule has 0 radical (unpaired) electrons. The number of fused-ring (bicyclic) bond motifs is 1. The summed E-state index contributed by atoms with van der Waals surface area (Å²) < 4.78 is 7.09. The smallest absolute Gasteiger partial charge is 0.225 e. The van der Waals surface area contributed by atoms with E-state index < -0.39 is 0 Å². The summed E-state index contributed by atoms with van der Waals surface area (Å²) in [5.74, 6) is 1.03. The lowest BCUT2D eigenvalue weighted by Crippen LogP contribution is -2.09. The van der Waals surface area contributed by atoms with Crippen molar-refractivity contribution in [3.8, 4) is 0 Å². The first-order chi connectivity index (χ1) is 12.1. The van der Waals surface area contributed by atoms with Crippen molar-refractivity contribution in [3.63, 3.8) is 0 Å². The van der Waals surface area contributed by atoms with E-state index >= 15 is 0 Å². The minimum absolute atomic E-state index is 0.0554. The third-order valence-corrected chi connectivity index (χ3v) is 3.65.